The van der Waals surface area contributed by atoms with Crippen molar-refractivity contribution in [2.45, 2.75) is 38.8 Å². The Morgan fingerprint density at radius 3 is 2.95 bits per heavy atom. The van der Waals surface area contributed by atoms with Crippen LogP contribution in [0.25, 0.3) is 0 Å². The van der Waals surface area contributed by atoms with Gasteiger partial charge >= 0.3 is 0 Å². The molecule has 1 unspecified atom stereocenters. The first-order valence-electron chi connectivity index (χ1n) is 6.79. The smallest absolute Gasteiger partial charge is 0.242 e. The maximum absolute atomic E-state index is 6.02. The topological polar surface area (TPSA) is 76.3 Å². The first-order valence-corrected chi connectivity index (χ1v) is 6.79. The molecule has 19 heavy (non-hydrogen) atoms. The zero-order chi connectivity index (χ0) is 13.8. The quantitative estimate of drug-likeness (QED) is 0.837. The summed E-state index contributed by atoms with van der Waals surface area (Å²) in [5.74, 6) is 1.11. The number of rotatable bonds is 5. The molecule has 0 spiro atoms. The number of likely N-dealkylation sites (tertiary alicyclic amines) is 1. The number of anilines is 2. The maximum atomic E-state index is 6.02. The van der Waals surface area contributed by atoms with Crippen LogP contribution in [0.15, 0.2) is 6.33 Å². The predicted molar refractivity (Wildman–Crippen MR) is 76.4 cm³/mol. The number of nitrogens with two attached hydrogens (primary N) is 1. The van der Waals surface area contributed by atoms with Gasteiger partial charge in [0.2, 0.25) is 5.88 Å². The molecule has 0 radical (unpaired) electrons. The summed E-state index contributed by atoms with van der Waals surface area (Å²) < 4.78 is 5.55. The Labute approximate surface area is 114 Å². The second-order valence-corrected chi connectivity index (χ2v) is 5.27. The van der Waals surface area contributed by atoms with Crippen molar-refractivity contribution >= 4 is 11.5 Å². The molecule has 3 N–H and O–H groups in total. The molecule has 106 valence electrons. The molecule has 6 heteroatoms. The van der Waals surface area contributed by atoms with Crippen molar-refractivity contribution in [1.82, 2.24) is 14.9 Å². The van der Waals surface area contributed by atoms with E-state index in [-0.39, 0.29) is 6.10 Å². The van der Waals surface area contributed by atoms with Crippen molar-refractivity contribution in [1.29, 1.82) is 0 Å². The van der Waals surface area contributed by atoms with E-state index in [0.717, 1.165) is 13.1 Å². The standard InChI is InChI=1S/C13H23N5O/c1-9(2)19-13-11(14)12(16-8-17-13)15-7-10-5-4-6-18(10)3/h8-10H,4-7,14H2,1-3H3,(H,15,16,17). The van der Waals surface area contributed by atoms with Gasteiger partial charge < -0.3 is 20.7 Å². The van der Waals surface area contributed by atoms with Crippen molar-refractivity contribution < 1.29 is 4.74 Å². The number of nitrogen functional groups attached to an aromatic ring is 1. The maximum Gasteiger partial charge on any atom is 0.242 e. The van der Waals surface area contributed by atoms with E-state index in [0.29, 0.717) is 23.4 Å². The molecule has 0 aliphatic carbocycles. The highest BCUT2D eigenvalue weighted by molar-refractivity contribution is 5.66. The number of nitrogens with zero attached hydrogens (tertiary/aromatic N) is 3. The molecule has 1 aromatic rings. The van der Waals surface area contributed by atoms with Gasteiger partial charge in [0.25, 0.3) is 0 Å². The molecule has 6 nitrogen and oxygen atoms in total. The number of nitrogens with one attached hydrogen (secondary N) is 1. The highest BCUT2D eigenvalue weighted by Gasteiger charge is 2.21. The number of likely N-dealkylation sites (N-methyl/N-ethyl adjacent to an activating group) is 1. The lowest BCUT2D eigenvalue weighted by molar-refractivity contribution is 0.234. The van der Waals surface area contributed by atoms with Crippen LogP contribution in [0.2, 0.25) is 0 Å². The van der Waals surface area contributed by atoms with Gasteiger partial charge in [-0.2, -0.15) is 4.98 Å². The predicted octanol–water partition coefficient (Wildman–Crippen LogP) is 1.35. The van der Waals surface area contributed by atoms with Crippen LogP contribution in [0, 0.1) is 0 Å². The van der Waals surface area contributed by atoms with Crippen LogP contribution in [0.3, 0.4) is 0 Å². The third kappa shape index (κ3) is 3.47. The van der Waals surface area contributed by atoms with E-state index < -0.39 is 0 Å². The molecule has 1 aliphatic rings. The minimum atomic E-state index is 0.0472. The SMILES string of the molecule is CC(C)Oc1ncnc(NCC2CCCN2C)c1N. The molecule has 1 atom stereocenters. The van der Waals surface area contributed by atoms with Crippen LogP contribution in [-0.4, -0.2) is 47.2 Å². The van der Waals surface area contributed by atoms with Crippen molar-refractivity contribution in [3.63, 3.8) is 0 Å². The first-order chi connectivity index (χ1) is 9.08. The summed E-state index contributed by atoms with van der Waals surface area (Å²) in [6.45, 7) is 5.90. The van der Waals surface area contributed by atoms with E-state index in [9.17, 15) is 0 Å². The largest absolute Gasteiger partial charge is 0.473 e. The van der Waals surface area contributed by atoms with Crippen LogP contribution in [-0.2, 0) is 0 Å². The Kier molecular flexibility index (Phi) is 4.42. The van der Waals surface area contributed by atoms with E-state index in [1.807, 2.05) is 13.8 Å². The van der Waals surface area contributed by atoms with Crippen molar-refractivity contribution in [3.8, 4) is 5.88 Å². The van der Waals surface area contributed by atoms with Crippen LogP contribution in [0.4, 0.5) is 11.5 Å². The second kappa shape index (κ2) is 6.06. The fourth-order valence-electron chi connectivity index (χ4n) is 2.29. The molecule has 1 fully saturated rings. The third-order valence-electron chi connectivity index (χ3n) is 3.37. The lowest BCUT2D eigenvalue weighted by atomic mass is 10.2. The van der Waals surface area contributed by atoms with Crippen LogP contribution in [0.1, 0.15) is 26.7 Å². The van der Waals surface area contributed by atoms with Crippen molar-refractivity contribution in [2.24, 2.45) is 0 Å². The Bertz CT molecular complexity index is 423. The van der Waals surface area contributed by atoms with Crippen molar-refractivity contribution in [2.75, 3.05) is 31.2 Å². The van der Waals surface area contributed by atoms with Gasteiger partial charge in [0.05, 0.1) is 6.10 Å². The highest BCUT2D eigenvalue weighted by Crippen LogP contribution is 2.26. The summed E-state index contributed by atoms with van der Waals surface area (Å²) in [5, 5.41) is 3.30. The molecule has 0 bridgehead atoms. The number of hydrogen-bond donors (Lipinski definition) is 2. The third-order valence-corrected chi connectivity index (χ3v) is 3.37. The zero-order valence-corrected chi connectivity index (χ0v) is 11.9. The van der Waals surface area contributed by atoms with Gasteiger partial charge in [-0.15, -0.1) is 0 Å². The van der Waals surface area contributed by atoms with E-state index in [1.165, 1.54) is 19.2 Å². The van der Waals surface area contributed by atoms with Crippen LogP contribution in [0.5, 0.6) is 5.88 Å². The van der Waals surface area contributed by atoms with Gasteiger partial charge in [-0.25, -0.2) is 4.98 Å². The summed E-state index contributed by atoms with van der Waals surface area (Å²) in [4.78, 5) is 10.6. The Balaban J connectivity index is 2.00. The molecule has 2 heterocycles. The first kappa shape index (κ1) is 13.9. The van der Waals surface area contributed by atoms with Gasteiger partial charge in [-0.05, 0) is 40.3 Å². The molecule has 1 saturated heterocycles. The average Bonchev–Trinajstić information content (AvgIpc) is 2.76. The van der Waals surface area contributed by atoms with Gasteiger partial charge in [0.15, 0.2) is 5.82 Å². The normalized spacial score (nSPS) is 19.9. The van der Waals surface area contributed by atoms with E-state index in [1.54, 1.807) is 0 Å². The van der Waals surface area contributed by atoms with E-state index >= 15 is 0 Å². The minimum absolute atomic E-state index is 0.0472. The minimum Gasteiger partial charge on any atom is -0.473 e. The Hall–Kier alpha value is -1.56. The summed E-state index contributed by atoms with van der Waals surface area (Å²) in [6, 6.07) is 0.545. The van der Waals surface area contributed by atoms with Gasteiger partial charge in [-0.3, -0.25) is 0 Å². The fraction of sp³-hybridized carbons (Fsp3) is 0.692. The summed E-state index contributed by atoms with van der Waals surface area (Å²) in [6.07, 6.45) is 3.99. The monoisotopic (exact) mass is 265 g/mol. The van der Waals surface area contributed by atoms with Crippen molar-refractivity contribution in [3.05, 3.63) is 6.33 Å². The molecule has 0 saturated carbocycles. The van der Waals surface area contributed by atoms with Gasteiger partial charge in [0.1, 0.15) is 12.0 Å². The molecule has 1 aliphatic heterocycles. The second-order valence-electron chi connectivity index (χ2n) is 5.27. The lowest BCUT2D eigenvalue weighted by Gasteiger charge is -2.20. The van der Waals surface area contributed by atoms with Gasteiger partial charge in [0, 0.05) is 12.6 Å². The summed E-state index contributed by atoms with van der Waals surface area (Å²) >= 11 is 0. The average molecular weight is 265 g/mol. The molecule has 1 aromatic heterocycles. The van der Waals surface area contributed by atoms with E-state index in [4.69, 9.17) is 10.5 Å². The summed E-state index contributed by atoms with van der Waals surface area (Å²) in [7, 11) is 2.15. The number of aromatic nitrogens is 2. The zero-order valence-electron chi connectivity index (χ0n) is 11.9. The molecule has 0 aromatic carbocycles. The van der Waals surface area contributed by atoms with Gasteiger partial charge in [-0.1, -0.05) is 0 Å². The number of ether oxygens (including phenoxy) is 1. The molecule has 2 rings (SSSR count). The Morgan fingerprint density at radius 1 is 1.53 bits per heavy atom. The Morgan fingerprint density at radius 2 is 2.32 bits per heavy atom. The molecule has 0 amide bonds. The number of hydrogen-bond acceptors (Lipinski definition) is 6. The fourth-order valence-corrected chi connectivity index (χ4v) is 2.29. The summed E-state index contributed by atoms with van der Waals surface area (Å²) in [5.41, 5.74) is 6.51. The van der Waals surface area contributed by atoms with Crippen LogP contribution < -0.4 is 15.8 Å². The molecular formula is C13H23N5O. The lowest BCUT2D eigenvalue weighted by Crippen LogP contribution is -2.32. The van der Waals surface area contributed by atoms with Crippen LogP contribution >= 0.6 is 0 Å². The molecular weight excluding hydrogens is 242 g/mol. The highest BCUT2D eigenvalue weighted by atomic mass is 16.5. The van der Waals surface area contributed by atoms with E-state index in [2.05, 4.69) is 27.2 Å².